The molecule has 6 heteroatoms. The molecule has 2 rings (SSSR count). The Morgan fingerprint density at radius 2 is 2.40 bits per heavy atom. The first kappa shape index (κ1) is 15.1. The van der Waals surface area contributed by atoms with Gasteiger partial charge in [-0.05, 0) is 25.3 Å². The fourth-order valence-corrected chi connectivity index (χ4v) is 2.79. The number of halogens is 1. The predicted molar refractivity (Wildman–Crippen MR) is 80.5 cm³/mol. The van der Waals surface area contributed by atoms with E-state index in [9.17, 15) is 4.39 Å². The van der Waals surface area contributed by atoms with Crippen molar-refractivity contribution < 1.29 is 9.13 Å². The van der Waals surface area contributed by atoms with Crippen molar-refractivity contribution in [3.8, 4) is 0 Å². The Hall–Kier alpha value is -1.27. The minimum Gasteiger partial charge on any atom is -0.375 e. The molecule has 0 amide bonds. The standard InChI is InChI=1S/C14H20FN3OS/c1-10-9-18(6-7-19-10)14(16)17-8-11-12(15)4-3-5-13(11)20-2/h3-5,10H,6-9H2,1-2H3,(H2,16,17). The molecule has 1 aliphatic heterocycles. The van der Waals surface area contributed by atoms with E-state index < -0.39 is 0 Å². The Morgan fingerprint density at radius 3 is 3.10 bits per heavy atom. The van der Waals surface area contributed by atoms with Crippen LogP contribution in [-0.4, -0.2) is 42.9 Å². The van der Waals surface area contributed by atoms with Gasteiger partial charge in [0.25, 0.3) is 0 Å². The molecule has 0 saturated carbocycles. The molecule has 4 nitrogen and oxygen atoms in total. The van der Waals surface area contributed by atoms with Crippen LogP contribution in [0.5, 0.6) is 0 Å². The van der Waals surface area contributed by atoms with E-state index >= 15 is 0 Å². The Labute approximate surface area is 123 Å². The second kappa shape index (κ2) is 6.95. The molecule has 2 N–H and O–H groups in total. The zero-order valence-electron chi connectivity index (χ0n) is 11.8. The summed E-state index contributed by atoms with van der Waals surface area (Å²) in [6.45, 7) is 4.37. The van der Waals surface area contributed by atoms with Crippen molar-refractivity contribution in [2.45, 2.75) is 24.5 Å². The van der Waals surface area contributed by atoms with Crippen molar-refractivity contribution in [1.29, 1.82) is 0 Å². The summed E-state index contributed by atoms with van der Waals surface area (Å²) in [5, 5.41) is 0. The number of thioether (sulfide) groups is 1. The number of aliphatic imine (C=N–C) groups is 1. The summed E-state index contributed by atoms with van der Waals surface area (Å²) in [5.41, 5.74) is 6.59. The largest absolute Gasteiger partial charge is 0.375 e. The number of nitrogens with two attached hydrogens (primary N) is 1. The predicted octanol–water partition coefficient (Wildman–Crippen LogP) is 2.08. The summed E-state index contributed by atoms with van der Waals surface area (Å²) in [4.78, 5) is 7.21. The van der Waals surface area contributed by atoms with Crippen LogP contribution in [0.15, 0.2) is 28.1 Å². The van der Waals surface area contributed by atoms with E-state index in [4.69, 9.17) is 10.5 Å². The van der Waals surface area contributed by atoms with E-state index in [2.05, 4.69) is 4.99 Å². The molecular formula is C14H20FN3OS. The minimum absolute atomic E-state index is 0.146. The van der Waals surface area contributed by atoms with Gasteiger partial charge in [0.2, 0.25) is 0 Å². The van der Waals surface area contributed by atoms with Gasteiger partial charge in [0.1, 0.15) is 5.82 Å². The molecule has 1 saturated heterocycles. The summed E-state index contributed by atoms with van der Waals surface area (Å²) < 4.78 is 19.3. The van der Waals surface area contributed by atoms with Gasteiger partial charge in [-0.1, -0.05) is 6.07 Å². The highest BCUT2D eigenvalue weighted by Gasteiger charge is 2.18. The maximum Gasteiger partial charge on any atom is 0.191 e. The van der Waals surface area contributed by atoms with Gasteiger partial charge in [-0.2, -0.15) is 0 Å². The van der Waals surface area contributed by atoms with Crippen molar-refractivity contribution >= 4 is 17.7 Å². The number of morpholine rings is 1. The van der Waals surface area contributed by atoms with Crippen LogP contribution < -0.4 is 5.73 Å². The highest BCUT2D eigenvalue weighted by atomic mass is 32.2. The smallest absolute Gasteiger partial charge is 0.191 e. The Morgan fingerprint density at radius 1 is 1.60 bits per heavy atom. The SMILES string of the molecule is CSc1cccc(F)c1CN=C(N)N1CCOC(C)C1. The third-order valence-electron chi connectivity index (χ3n) is 3.26. The summed E-state index contributed by atoms with van der Waals surface area (Å²) in [6.07, 6.45) is 2.07. The first-order valence-corrected chi connectivity index (χ1v) is 7.82. The van der Waals surface area contributed by atoms with E-state index in [0.717, 1.165) is 18.0 Å². The van der Waals surface area contributed by atoms with Gasteiger partial charge < -0.3 is 15.4 Å². The number of ether oxygens (including phenoxy) is 1. The van der Waals surface area contributed by atoms with Crippen LogP contribution in [0.3, 0.4) is 0 Å². The molecule has 1 heterocycles. The van der Waals surface area contributed by atoms with Crippen LogP contribution in [0.1, 0.15) is 12.5 Å². The van der Waals surface area contributed by atoms with Crippen molar-refractivity contribution in [3.63, 3.8) is 0 Å². The Balaban J connectivity index is 2.08. The fraction of sp³-hybridized carbons (Fsp3) is 0.500. The molecule has 1 fully saturated rings. The number of hydrogen-bond donors (Lipinski definition) is 1. The van der Waals surface area contributed by atoms with Gasteiger partial charge in [-0.25, -0.2) is 9.38 Å². The third-order valence-corrected chi connectivity index (χ3v) is 4.08. The third kappa shape index (κ3) is 3.64. The number of benzene rings is 1. The first-order chi connectivity index (χ1) is 9.61. The maximum atomic E-state index is 13.8. The van der Waals surface area contributed by atoms with Gasteiger partial charge in [0.05, 0.1) is 19.3 Å². The lowest BCUT2D eigenvalue weighted by Crippen LogP contribution is -2.47. The normalized spacial score (nSPS) is 20.2. The second-order valence-corrected chi connectivity index (χ2v) is 5.57. The Bertz CT molecular complexity index is 495. The fourth-order valence-electron chi connectivity index (χ4n) is 2.17. The van der Waals surface area contributed by atoms with Gasteiger partial charge in [0.15, 0.2) is 5.96 Å². The average molecular weight is 297 g/mol. The quantitative estimate of drug-likeness (QED) is 0.527. The number of guanidine groups is 1. The number of nitrogens with zero attached hydrogens (tertiary/aromatic N) is 2. The lowest BCUT2D eigenvalue weighted by molar-refractivity contribution is 0.00528. The first-order valence-electron chi connectivity index (χ1n) is 6.59. The molecule has 1 aliphatic rings. The molecule has 110 valence electrons. The van der Waals surface area contributed by atoms with Crippen LogP contribution in [0.25, 0.3) is 0 Å². The lowest BCUT2D eigenvalue weighted by Gasteiger charge is -2.31. The van der Waals surface area contributed by atoms with Gasteiger partial charge in [0, 0.05) is 23.5 Å². The summed E-state index contributed by atoms with van der Waals surface area (Å²) >= 11 is 1.51. The lowest BCUT2D eigenvalue weighted by atomic mass is 10.2. The molecule has 1 unspecified atom stereocenters. The zero-order valence-corrected chi connectivity index (χ0v) is 12.6. The minimum atomic E-state index is -0.233. The summed E-state index contributed by atoms with van der Waals surface area (Å²) in [7, 11) is 0. The van der Waals surface area contributed by atoms with E-state index in [1.54, 1.807) is 6.07 Å². The highest BCUT2D eigenvalue weighted by molar-refractivity contribution is 7.98. The molecule has 0 aliphatic carbocycles. The van der Waals surface area contributed by atoms with E-state index in [1.165, 1.54) is 17.8 Å². The summed E-state index contributed by atoms with van der Waals surface area (Å²) in [6, 6.07) is 5.06. The molecule has 0 radical (unpaired) electrons. The van der Waals surface area contributed by atoms with Gasteiger partial charge in [-0.15, -0.1) is 11.8 Å². The molecule has 20 heavy (non-hydrogen) atoms. The van der Waals surface area contributed by atoms with Crippen molar-refractivity contribution in [2.24, 2.45) is 10.7 Å². The molecule has 0 spiro atoms. The average Bonchev–Trinajstić information content (AvgIpc) is 2.45. The Kier molecular flexibility index (Phi) is 5.25. The van der Waals surface area contributed by atoms with E-state index in [-0.39, 0.29) is 18.5 Å². The molecule has 1 aromatic rings. The van der Waals surface area contributed by atoms with Crippen LogP contribution in [-0.2, 0) is 11.3 Å². The maximum absolute atomic E-state index is 13.8. The second-order valence-electron chi connectivity index (χ2n) is 4.72. The van der Waals surface area contributed by atoms with Gasteiger partial charge in [-0.3, -0.25) is 0 Å². The topological polar surface area (TPSA) is 50.8 Å². The van der Waals surface area contributed by atoms with Crippen LogP contribution in [0.2, 0.25) is 0 Å². The van der Waals surface area contributed by atoms with Crippen molar-refractivity contribution in [2.75, 3.05) is 26.0 Å². The monoisotopic (exact) mass is 297 g/mol. The molecule has 0 bridgehead atoms. The molecule has 1 aromatic carbocycles. The van der Waals surface area contributed by atoms with Gasteiger partial charge >= 0.3 is 0 Å². The van der Waals surface area contributed by atoms with Crippen molar-refractivity contribution in [3.05, 3.63) is 29.6 Å². The zero-order chi connectivity index (χ0) is 14.5. The summed E-state index contributed by atoms with van der Waals surface area (Å²) in [5.74, 6) is 0.221. The molecule has 0 aromatic heterocycles. The number of hydrogen-bond acceptors (Lipinski definition) is 3. The van der Waals surface area contributed by atoms with Crippen molar-refractivity contribution in [1.82, 2.24) is 4.90 Å². The molecule has 1 atom stereocenters. The van der Waals surface area contributed by atoms with E-state index in [0.29, 0.717) is 18.1 Å². The highest BCUT2D eigenvalue weighted by Crippen LogP contribution is 2.23. The van der Waals surface area contributed by atoms with Crippen LogP contribution >= 0.6 is 11.8 Å². The van der Waals surface area contributed by atoms with Crippen LogP contribution in [0.4, 0.5) is 4.39 Å². The molecular weight excluding hydrogens is 277 g/mol. The van der Waals surface area contributed by atoms with E-state index in [1.807, 2.05) is 24.1 Å². The number of rotatable bonds is 3. The van der Waals surface area contributed by atoms with Crippen LogP contribution in [0, 0.1) is 5.82 Å².